The van der Waals surface area contributed by atoms with E-state index in [4.69, 9.17) is 26.8 Å². The standard InChI is InChI=1S/C10H17BO4/c1-6(2)13-4-10-5-14-8(10)7(12-3)9(11)15-10/h6-9H,4-5H2,1-3H3. The second-order valence-corrected chi connectivity index (χ2v) is 4.44. The van der Waals surface area contributed by atoms with E-state index in [1.54, 1.807) is 7.11 Å². The van der Waals surface area contributed by atoms with Crippen LogP contribution in [-0.2, 0) is 18.9 Å². The van der Waals surface area contributed by atoms with Crippen LogP contribution in [0.5, 0.6) is 0 Å². The van der Waals surface area contributed by atoms with Gasteiger partial charge in [-0.25, -0.2) is 0 Å². The molecule has 0 aromatic rings. The Bertz CT molecular complexity index is 235. The summed E-state index contributed by atoms with van der Waals surface area (Å²) >= 11 is 0. The average Bonchev–Trinajstić information content (AvgIpc) is 2.34. The van der Waals surface area contributed by atoms with Crippen molar-refractivity contribution < 1.29 is 18.9 Å². The van der Waals surface area contributed by atoms with Crippen molar-refractivity contribution in [2.75, 3.05) is 20.3 Å². The molecular formula is C10H17BO4. The fourth-order valence-corrected chi connectivity index (χ4v) is 2.09. The summed E-state index contributed by atoms with van der Waals surface area (Å²) in [4.78, 5) is 0. The second kappa shape index (κ2) is 4.05. The molecule has 0 N–H and O–H groups in total. The molecule has 0 saturated carbocycles. The summed E-state index contributed by atoms with van der Waals surface area (Å²) in [5.41, 5.74) is -0.385. The number of hydrogen-bond acceptors (Lipinski definition) is 4. The third-order valence-corrected chi connectivity index (χ3v) is 2.95. The zero-order valence-electron chi connectivity index (χ0n) is 9.43. The van der Waals surface area contributed by atoms with Crippen LogP contribution in [0.25, 0.3) is 0 Å². The Morgan fingerprint density at radius 3 is 2.73 bits per heavy atom. The van der Waals surface area contributed by atoms with Gasteiger partial charge < -0.3 is 18.9 Å². The fourth-order valence-electron chi connectivity index (χ4n) is 2.09. The van der Waals surface area contributed by atoms with Gasteiger partial charge in [0.25, 0.3) is 0 Å². The molecule has 84 valence electrons. The molecular weight excluding hydrogens is 195 g/mol. The van der Waals surface area contributed by atoms with Crippen molar-refractivity contribution in [3.63, 3.8) is 0 Å². The summed E-state index contributed by atoms with van der Waals surface area (Å²) in [5, 5.41) is 0. The monoisotopic (exact) mass is 212 g/mol. The average molecular weight is 212 g/mol. The molecule has 2 aliphatic rings. The summed E-state index contributed by atoms with van der Waals surface area (Å²) < 4.78 is 22.0. The summed E-state index contributed by atoms with van der Waals surface area (Å²) in [5.74, 6) is 0. The number of rotatable bonds is 4. The molecule has 15 heavy (non-hydrogen) atoms. The van der Waals surface area contributed by atoms with Crippen LogP contribution in [0.4, 0.5) is 0 Å². The quantitative estimate of drug-likeness (QED) is 0.619. The van der Waals surface area contributed by atoms with Crippen molar-refractivity contribution in [1.82, 2.24) is 0 Å². The summed E-state index contributed by atoms with van der Waals surface area (Å²) in [6.45, 7) is 5.04. The third kappa shape index (κ3) is 1.82. The van der Waals surface area contributed by atoms with Crippen LogP contribution in [0.1, 0.15) is 13.8 Å². The van der Waals surface area contributed by atoms with Gasteiger partial charge in [0, 0.05) is 13.1 Å². The van der Waals surface area contributed by atoms with Gasteiger partial charge in [0.05, 0.1) is 19.3 Å². The van der Waals surface area contributed by atoms with Crippen molar-refractivity contribution in [1.29, 1.82) is 0 Å². The van der Waals surface area contributed by atoms with Crippen molar-refractivity contribution in [3.8, 4) is 0 Å². The maximum Gasteiger partial charge on any atom is 0.143 e. The SMILES string of the molecule is [B]C1OC2(COC(C)C)COC2C1OC. The van der Waals surface area contributed by atoms with E-state index in [1.165, 1.54) is 0 Å². The highest BCUT2D eigenvalue weighted by Gasteiger charge is 2.61. The minimum Gasteiger partial charge on any atom is -0.377 e. The Balaban J connectivity index is 1.98. The van der Waals surface area contributed by atoms with Gasteiger partial charge in [0.15, 0.2) is 0 Å². The summed E-state index contributed by atoms with van der Waals surface area (Å²) in [6, 6.07) is -0.418. The predicted octanol–water partition coefficient (Wildman–Crippen LogP) is 0.0888. The Kier molecular flexibility index (Phi) is 3.08. The van der Waals surface area contributed by atoms with Crippen molar-refractivity contribution in [3.05, 3.63) is 0 Å². The van der Waals surface area contributed by atoms with Gasteiger partial charge >= 0.3 is 0 Å². The molecule has 2 radical (unpaired) electrons. The molecule has 2 saturated heterocycles. The first kappa shape index (κ1) is 11.4. The van der Waals surface area contributed by atoms with Gasteiger partial charge in [-0.3, -0.25) is 0 Å². The topological polar surface area (TPSA) is 36.9 Å². The lowest BCUT2D eigenvalue weighted by molar-refractivity contribution is -0.250. The molecule has 4 unspecified atom stereocenters. The van der Waals surface area contributed by atoms with E-state index in [2.05, 4.69) is 0 Å². The van der Waals surface area contributed by atoms with Gasteiger partial charge in [-0.15, -0.1) is 0 Å². The number of methoxy groups -OCH3 is 1. The van der Waals surface area contributed by atoms with E-state index in [-0.39, 0.29) is 23.9 Å². The van der Waals surface area contributed by atoms with E-state index in [0.29, 0.717) is 13.2 Å². The van der Waals surface area contributed by atoms with E-state index in [0.717, 1.165) is 0 Å². The van der Waals surface area contributed by atoms with Crippen LogP contribution in [0, 0.1) is 0 Å². The highest BCUT2D eigenvalue weighted by atomic mass is 16.7. The van der Waals surface area contributed by atoms with E-state index >= 15 is 0 Å². The molecule has 2 aliphatic heterocycles. The van der Waals surface area contributed by atoms with Crippen LogP contribution >= 0.6 is 0 Å². The molecule has 2 heterocycles. The lowest BCUT2D eigenvalue weighted by Crippen LogP contribution is -2.62. The molecule has 0 spiro atoms. The van der Waals surface area contributed by atoms with Gasteiger partial charge in [-0.2, -0.15) is 0 Å². The Labute approximate surface area is 91.6 Å². The van der Waals surface area contributed by atoms with Gasteiger partial charge in [0.2, 0.25) is 0 Å². The van der Waals surface area contributed by atoms with Gasteiger partial charge in [0.1, 0.15) is 25.7 Å². The van der Waals surface area contributed by atoms with Crippen LogP contribution in [0.2, 0.25) is 0 Å². The first-order chi connectivity index (χ1) is 7.09. The van der Waals surface area contributed by atoms with Crippen LogP contribution in [0.3, 0.4) is 0 Å². The fraction of sp³-hybridized carbons (Fsp3) is 1.00. The normalized spacial score (nSPS) is 44.1. The minimum atomic E-state index is -0.418. The number of hydrogen-bond donors (Lipinski definition) is 0. The zero-order chi connectivity index (χ0) is 11.1. The summed E-state index contributed by atoms with van der Waals surface area (Å²) in [6.07, 6.45) is -0.0900. The Morgan fingerprint density at radius 1 is 1.53 bits per heavy atom. The number of fused-ring (bicyclic) bond motifs is 1. The molecule has 2 fully saturated rings. The maximum absolute atomic E-state index is 5.82. The second-order valence-electron chi connectivity index (χ2n) is 4.44. The molecule has 4 atom stereocenters. The predicted molar refractivity (Wildman–Crippen MR) is 55.0 cm³/mol. The molecule has 0 aromatic heterocycles. The Morgan fingerprint density at radius 2 is 2.27 bits per heavy atom. The molecule has 2 rings (SSSR count). The molecule has 0 bridgehead atoms. The van der Waals surface area contributed by atoms with Crippen molar-refractivity contribution in [2.24, 2.45) is 0 Å². The van der Waals surface area contributed by atoms with E-state index in [9.17, 15) is 0 Å². The Hall–Kier alpha value is -0.0951. The minimum absolute atomic E-state index is 0.0868. The largest absolute Gasteiger partial charge is 0.377 e. The molecule has 4 nitrogen and oxygen atoms in total. The lowest BCUT2D eigenvalue weighted by atomic mass is 9.86. The number of ether oxygens (including phenoxy) is 4. The van der Waals surface area contributed by atoms with E-state index in [1.807, 2.05) is 13.8 Å². The van der Waals surface area contributed by atoms with Crippen LogP contribution in [-0.4, -0.2) is 58.1 Å². The lowest BCUT2D eigenvalue weighted by Gasteiger charge is -2.44. The molecule has 0 amide bonds. The van der Waals surface area contributed by atoms with Gasteiger partial charge in [-0.1, -0.05) is 0 Å². The molecule has 0 aromatic carbocycles. The van der Waals surface area contributed by atoms with E-state index < -0.39 is 6.00 Å². The van der Waals surface area contributed by atoms with Crippen LogP contribution in [0.15, 0.2) is 0 Å². The third-order valence-electron chi connectivity index (χ3n) is 2.95. The van der Waals surface area contributed by atoms with Crippen molar-refractivity contribution >= 4 is 7.85 Å². The molecule has 0 aliphatic carbocycles. The highest BCUT2D eigenvalue weighted by Crippen LogP contribution is 2.41. The van der Waals surface area contributed by atoms with Gasteiger partial charge in [-0.05, 0) is 13.8 Å². The highest BCUT2D eigenvalue weighted by molar-refractivity contribution is 6.11. The first-order valence-corrected chi connectivity index (χ1v) is 5.28. The zero-order valence-corrected chi connectivity index (χ0v) is 9.43. The smallest absolute Gasteiger partial charge is 0.143 e. The first-order valence-electron chi connectivity index (χ1n) is 5.28. The van der Waals surface area contributed by atoms with Crippen molar-refractivity contribution in [2.45, 2.75) is 43.8 Å². The maximum atomic E-state index is 5.82. The molecule has 5 heteroatoms. The summed E-state index contributed by atoms with van der Waals surface area (Å²) in [7, 11) is 7.44. The van der Waals surface area contributed by atoms with Crippen LogP contribution < -0.4 is 0 Å².